The van der Waals surface area contributed by atoms with Crippen LogP contribution in [0, 0.1) is 5.92 Å². The third-order valence-corrected chi connectivity index (χ3v) is 3.55. The molecule has 1 aliphatic rings. The minimum absolute atomic E-state index is 0. The maximum absolute atomic E-state index is 5.92. The highest BCUT2D eigenvalue weighted by Crippen LogP contribution is 2.28. The van der Waals surface area contributed by atoms with Crippen LogP contribution >= 0.6 is 12.4 Å². The zero-order valence-corrected chi connectivity index (χ0v) is 14.0. The predicted octanol–water partition coefficient (Wildman–Crippen LogP) is 3.37. The van der Waals surface area contributed by atoms with E-state index in [1.807, 2.05) is 13.8 Å². The van der Waals surface area contributed by atoms with Crippen molar-refractivity contribution in [3.05, 3.63) is 29.3 Å². The molecule has 1 fully saturated rings. The summed E-state index contributed by atoms with van der Waals surface area (Å²) in [6.07, 6.45) is 4.51. The molecular weight excluding hydrogens is 286 g/mol. The molecule has 3 nitrogen and oxygen atoms in total. The van der Waals surface area contributed by atoms with Gasteiger partial charge in [-0.2, -0.15) is 0 Å². The molecule has 2 N–H and O–H groups in total. The summed E-state index contributed by atoms with van der Waals surface area (Å²) in [6.45, 7) is 6.47. The predicted molar refractivity (Wildman–Crippen MR) is 89.5 cm³/mol. The molecule has 0 bridgehead atoms. The van der Waals surface area contributed by atoms with E-state index in [9.17, 15) is 0 Å². The summed E-state index contributed by atoms with van der Waals surface area (Å²) in [6, 6.07) is 6.57. The van der Waals surface area contributed by atoms with E-state index in [1.54, 1.807) is 0 Å². The first-order chi connectivity index (χ1) is 9.69. The molecule has 2 rings (SSSR count). The Kier molecular flexibility index (Phi) is 8.09. The molecule has 0 aromatic heterocycles. The van der Waals surface area contributed by atoms with Gasteiger partial charge in [0.1, 0.15) is 5.75 Å². The Morgan fingerprint density at radius 3 is 2.71 bits per heavy atom. The van der Waals surface area contributed by atoms with E-state index >= 15 is 0 Å². The zero-order chi connectivity index (χ0) is 14.4. The van der Waals surface area contributed by atoms with Gasteiger partial charge in [0.2, 0.25) is 0 Å². The first kappa shape index (κ1) is 18.3. The smallest absolute Gasteiger partial charge is 0.122 e. The van der Waals surface area contributed by atoms with Gasteiger partial charge in [0.25, 0.3) is 0 Å². The van der Waals surface area contributed by atoms with Crippen LogP contribution in [-0.2, 0) is 17.6 Å². The second-order valence-corrected chi connectivity index (χ2v) is 5.82. The van der Waals surface area contributed by atoms with E-state index < -0.39 is 0 Å². The van der Waals surface area contributed by atoms with Crippen molar-refractivity contribution in [2.75, 3.05) is 19.8 Å². The second-order valence-electron chi connectivity index (χ2n) is 5.82. The molecule has 1 saturated carbocycles. The fraction of sp³-hybridized carbons (Fsp3) is 0.647. The van der Waals surface area contributed by atoms with E-state index in [1.165, 1.54) is 24.0 Å². The summed E-state index contributed by atoms with van der Waals surface area (Å²) in [5.41, 5.74) is 8.44. The lowest BCUT2D eigenvalue weighted by Crippen LogP contribution is -2.18. The Hall–Kier alpha value is -0.770. The number of ether oxygens (including phenoxy) is 2. The van der Waals surface area contributed by atoms with Crippen molar-refractivity contribution < 1.29 is 9.47 Å². The molecule has 4 heteroatoms. The monoisotopic (exact) mass is 313 g/mol. The summed E-state index contributed by atoms with van der Waals surface area (Å²) in [5.74, 6) is 1.80. The number of hydrogen-bond donors (Lipinski definition) is 1. The standard InChI is InChI=1S/C17H27NO2.ClH/c1-3-20-17-7-6-14(11-16(17)10-13(2)18)8-9-19-12-15-4-5-15;/h6-7,11,13,15H,3-5,8-10,12,18H2,1-2H3;1H. The summed E-state index contributed by atoms with van der Waals surface area (Å²) in [5, 5.41) is 0. The molecule has 0 amide bonds. The van der Waals surface area contributed by atoms with Gasteiger partial charge in [-0.05, 0) is 62.6 Å². The summed E-state index contributed by atoms with van der Waals surface area (Å²) in [7, 11) is 0. The largest absolute Gasteiger partial charge is 0.494 e. The molecule has 0 saturated heterocycles. The lowest BCUT2D eigenvalue weighted by Gasteiger charge is -2.14. The molecular formula is C17H28ClNO2. The van der Waals surface area contributed by atoms with Gasteiger partial charge >= 0.3 is 0 Å². The van der Waals surface area contributed by atoms with E-state index in [4.69, 9.17) is 15.2 Å². The van der Waals surface area contributed by atoms with Crippen LogP contribution in [0.5, 0.6) is 5.75 Å². The third-order valence-electron chi connectivity index (χ3n) is 3.55. The van der Waals surface area contributed by atoms with Crippen molar-refractivity contribution in [1.29, 1.82) is 0 Å². The lowest BCUT2D eigenvalue weighted by molar-refractivity contribution is 0.127. The highest BCUT2D eigenvalue weighted by atomic mass is 35.5. The Morgan fingerprint density at radius 2 is 2.10 bits per heavy atom. The zero-order valence-electron chi connectivity index (χ0n) is 13.1. The van der Waals surface area contributed by atoms with Crippen molar-refractivity contribution in [2.45, 2.75) is 45.6 Å². The summed E-state index contributed by atoms with van der Waals surface area (Å²) < 4.78 is 11.4. The van der Waals surface area contributed by atoms with Crippen molar-refractivity contribution in [2.24, 2.45) is 11.7 Å². The van der Waals surface area contributed by atoms with Gasteiger partial charge in [-0.1, -0.05) is 12.1 Å². The van der Waals surface area contributed by atoms with Crippen molar-refractivity contribution >= 4 is 12.4 Å². The fourth-order valence-electron chi connectivity index (χ4n) is 2.32. The molecule has 1 aromatic carbocycles. The topological polar surface area (TPSA) is 44.5 Å². The van der Waals surface area contributed by atoms with Gasteiger partial charge in [0.05, 0.1) is 13.2 Å². The van der Waals surface area contributed by atoms with Gasteiger partial charge in [-0.15, -0.1) is 12.4 Å². The van der Waals surface area contributed by atoms with Gasteiger partial charge in [0.15, 0.2) is 0 Å². The maximum atomic E-state index is 5.92. The molecule has 0 spiro atoms. The average molecular weight is 314 g/mol. The molecule has 1 atom stereocenters. The molecule has 120 valence electrons. The number of nitrogens with two attached hydrogens (primary N) is 1. The first-order valence-corrected chi connectivity index (χ1v) is 7.77. The number of rotatable bonds is 9. The van der Waals surface area contributed by atoms with Crippen molar-refractivity contribution in [3.8, 4) is 5.75 Å². The van der Waals surface area contributed by atoms with Crippen molar-refractivity contribution in [1.82, 2.24) is 0 Å². The third kappa shape index (κ3) is 6.68. The summed E-state index contributed by atoms with van der Waals surface area (Å²) >= 11 is 0. The van der Waals surface area contributed by atoms with Crippen LogP contribution in [0.2, 0.25) is 0 Å². The Bertz CT molecular complexity index is 419. The number of halogens is 1. The SMILES string of the molecule is CCOc1ccc(CCOCC2CC2)cc1CC(C)N.Cl. The Morgan fingerprint density at radius 1 is 1.33 bits per heavy atom. The van der Waals surface area contributed by atoms with E-state index in [0.717, 1.165) is 37.7 Å². The van der Waals surface area contributed by atoms with Crippen LogP contribution in [0.3, 0.4) is 0 Å². The van der Waals surface area contributed by atoms with Crippen LogP contribution in [0.25, 0.3) is 0 Å². The first-order valence-electron chi connectivity index (χ1n) is 7.77. The maximum Gasteiger partial charge on any atom is 0.122 e. The van der Waals surface area contributed by atoms with Crippen LogP contribution < -0.4 is 10.5 Å². The van der Waals surface area contributed by atoms with E-state index in [0.29, 0.717) is 6.61 Å². The second kappa shape index (κ2) is 9.29. The fourth-order valence-corrected chi connectivity index (χ4v) is 2.32. The molecule has 1 aromatic rings. The highest BCUT2D eigenvalue weighted by molar-refractivity contribution is 5.85. The summed E-state index contributed by atoms with van der Waals surface area (Å²) in [4.78, 5) is 0. The molecule has 1 aliphatic carbocycles. The number of hydrogen-bond acceptors (Lipinski definition) is 3. The Labute approximate surface area is 134 Å². The highest BCUT2D eigenvalue weighted by Gasteiger charge is 2.20. The molecule has 0 aliphatic heterocycles. The van der Waals surface area contributed by atoms with Gasteiger partial charge < -0.3 is 15.2 Å². The lowest BCUT2D eigenvalue weighted by atomic mass is 10.0. The van der Waals surface area contributed by atoms with Crippen molar-refractivity contribution in [3.63, 3.8) is 0 Å². The van der Waals surface area contributed by atoms with Gasteiger partial charge in [-0.3, -0.25) is 0 Å². The van der Waals surface area contributed by atoms with Crippen LogP contribution in [0.15, 0.2) is 18.2 Å². The van der Waals surface area contributed by atoms with E-state index in [2.05, 4.69) is 18.2 Å². The normalized spacial score (nSPS) is 15.4. The minimum Gasteiger partial charge on any atom is -0.494 e. The van der Waals surface area contributed by atoms with Crippen LogP contribution in [-0.4, -0.2) is 25.9 Å². The van der Waals surface area contributed by atoms with Gasteiger partial charge in [-0.25, -0.2) is 0 Å². The number of benzene rings is 1. The van der Waals surface area contributed by atoms with Gasteiger partial charge in [0, 0.05) is 12.6 Å². The molecule has 0 heterocycles. The average Bonchev–Trinajstić information content (AvgIpc) is 3.21. The quantitative estimate of drug-likeness (QED) is 0.711. The minimum atomic E-state index is 0. The molecule has 1 unspecified atom stereocenters. The molecule has 0 radical (unpaired) electrons. The molecule has 21 heavy (non-hydrogen) atoms. The van der Waals surface area contributed by atoms with Crippen LogP contribution in [0.1, 0.15) is 37.8 Å². The van der Waals surface area contributed by atoms with Crippen LogP contribution in [0.4, 0.5) is 0 Å². The Balaban J connectivity index is 0.00000220. The van der Waals surface area contributed by atoms with E-state index in [-0.39, 0.29) is 18.4 Å².